The number of nitrogens with one attached hydrogen (secondary N) is 1. The summed E-state index contributed by atoms with van der Waals surface area (Å²) in [4.78, 5) is 22.8. The highest BCUT2D eigenvalue weighted by atomic mass is 16.4. The summed E-state index contributed by atoms with van der Waals surface area (Å²) in [6, 6.07) is 6.45. The van der Waals surface area contributed by atoms with E-state index in [2.05, 4.69) is 10.4 Å². The summed E-state index contributed by atoms with van der Waals surface area (Å²) in [6.45, 7) is 4.20. The zero-order valence-electron chi connectivity index (χ0n) is 12.9. The second-order valence-corrected chi connectivity index (χ2v) is 5.23. The van der Waals surface area contributed by atoms with E-state index in [0.717, 1.165) is 22.5 Å². The first-order valence-electron chi connectivity index (χ1n) is 6.96. The van der Waals surface area contributed by atoms with Crippen molar-refractivity contribution in [3.63, 3.8) is 0 Å². The number of nitrogens with zero attached hydrogens (tertiary/aromatic N) is 2. The van der Waals surface area contributed by atoms with E-state index in [9.17, 15) is 9.59 Å². The molecule has 116 valence electrons. The fourth-order valence-electron chi connectivity index (χ4n) is 2.26. The number of carboxylic acids is 1. The molecule has 1 amide bonds. The topological polar surface area (TPSA) is 84.2 Å². The second kappa shape index (κ2) is 6.43. The molecule has 2 aromatic rings. The molecule has 1 aromatic carbocycles. The summed E-state index contributed by atoms with van der Waals surface area (Å²) in [5.74, 6) is -1.04. The number of hydrogen-bond donors (Lipinski definition) is 2. The van der Waals surface area contributed by atoms with Crippen molar-refractivity contribution < 1.29 is 14.7 Å². The molecule has 2 rings (SSSR count). The first-order chi connectivity index (χ1) is 10.4. The van der Waals surface area contributed by atoms with Crippen LogP contribution in [0.2, 0.25) is 0 Å². The van der Waals surface area contributed by atoms with E-state index in [0.29, 0.717) is 13.0 Å². The molecule has 0 unspecified atom stereocenters. The maximum Gasteiger partial charge on any atom is 0.335 e. The summed E-state index contributed by atoms with van der Waals surface area (Å²) in [6.07, 6.45) is 0.290. The lowest BCUT2D eigenvalue weighted by Crippen LogP contribution is -2.25. The van der Waals surface area contributed by atoms with E-state index >= 15 is 0 Å². The minimum atomic E-state index is -0.960. The minimum Gasteiger partial charge on any atom is -0.478 e. The zero-order valence-corrected chi connectivity index (χ0v) is 12.9. The van der Waals surface area contributed by atoms with Crippen molar-refractivity contribution in [3.05, 3.63) is 52.3 Å². The summed E-state index contributed by atoms with van der Waals surface area (Å²) in [7, 11) is 1.85. The van der Waals surface area contributed by atoms with E-state index in [4.69, 9.17) is 5.11 Å². The molecule has 6 heteroatoms. The number of aryl methyl sites for hydroxylation is 2. The Labute approximate surface area is 128 Å². The van der Waals surface area contributed by atoms with Crippen LogP contribution in [0, 0.1) is 13.8 Å². The molecule has 0 aliphatic rings. The van der Waals surface area contributed by atoms with E-state index in [1.807, 2.05) is 20.9 Å². The third-order valence-electron chi connectivity index (χ3n) is 3.69. The molecule has 6 nitrogen and oxygen atoms in total. The highest BCUT2D eigenvalue weighted by Crippen LogP contribution is 2.12. The SMILES string of the molecule is Cc1nn(C)c(C)c1CC(=O)NCc1ccc(C(=O)O)cc1. The Bertz CT molecular complexity index is 702. The number of carbonyl (C=O) groups is 2. The molecule has 0 aliphatic heterocycles. The Morgan fingerprint density at radius 2 is 1.86 bits per heavy atom. The number of benzene rings is 1. The highest BCUT2D eigenvalue weighted by Gasteiger charge is 2.13. The quantitative estimate of drug-likeness (QED) is 0.878. The van der Waals surface area contributed by atoms with E-state index in [1.54, 1.807) is 16.8 Å². The molecular weight excluding hydrogens is 282 g/mol. The van der Waals surface area contributed by atoms with E-state index in [1.165, 1.54) is 12.1 Å². The Balaban J connectivity index is 1.94. The molecule has 1 aromatic heterocycles. The van der Waals surface area contributed by atoms with Crippen molar-refractivity contribution in [2.45, 2.75) is 26.8 Å². The standard InChI is InChI=1S/C16H19N3O3/c1-10-14(11(2)19(3)18-10)8-15(20)17-9-12-4-6-13(7-5-12)16(21)22/h4-7H,8-9H2,1-3H3,(H,17,20)(H,21,22). The number of hydrogen-bond acceptors (Lipinski definition) is 3. The molecule has 0 radical (unpaired) electrons. The van der Waals surface area contributed by atoms with Gasteiger partial charge >= 0.3 is 5.97 Å². The number of aromatic carboxylic acids is 1. The Hall–Kier alpha value is -2.63. The summed E-state index contributed by atoms with van der Waals surface area (Å²) in [5.41, 5.74) is 3.88. The number of rotatable bonds is 5. The van der Waals surface area contributed by atoms with Crippen LogP contribution >= 0.6 is 0 Å². The van der Waals surface area contributed by atoms with Crippen molar-refractivity contribution in [2.75, 3.05) is 0 Å². The predicted octanol–water partition coefficient (Wildman–Crippen LogP) is 1.59. The van der Waals surface area contributed by atoms with Crippen molar-refractivity contribution in [1.82, 2.24) is 15.1 Å². The van der Waals surface area contributed by atoms with Crippen LogP contribution in [0.15, 0.2) is 24.3 Å². The van der Waals surface area contributed by atoms with Gasteiger partial charge in [-0.25, -0.2) is 4.79 Å². The van der Waals surface area contributed by atoms with Gasteiger partial charge in [0.25, 0.3) is 0 Å². The van der Waals surface area contributed by atoms with Crippen LogP contribution in [-0.4, -0.2) is 26.8 Å². The largest absolute Gasteiger partial charge is 0.478 e. The van der Waals surface area contributed by atoms with Crippen molar-refractivity contribution in [1.29, 1.82) is 0 Å². The van der Waals surface area contributed by atoms with Gasteiger partial charge in [-0.15, -0.1) is 0 Å². The van der Waals surface area contributed by atoms with Gasteiger partial charge in [0, 0.05) is 24.8 Å². The number of amides is 1. The number of carboxylic acid groups (broad SMARTS) is 1. The van der Waals surface area contributed by atoms with Crippen LogP contribution in [0.4, 0.5) is 0 Å². The molecule has 0 aliphatic carbocycles. The van der Waals surface area contributed by atoms with E-state index < -0.39 is 5.97 Å². The fourth-order valence-corrected chi connectivity index (χ4v) is 2.26. The first kappa shape index (κ1) is 15.8. The third kappa shape index (κ3) is 3.52. The average molecular weight is 301 g/mol. The maximum atomic E-state index is 12.0. The second-order valence-electron chi connectivity index (χ2n) is 5.23. The van der Waals surface area contributed by atoms with Crippen LogP contribution in [0.1, 0.15) is 32.9 Å². The number of carbonyl (C=O) groups excluding carboxylic acids is 1. The first-order valence-corrected chi connectivity index (χ1v) is 6.96. The Kier molecular flexibility index (Phi) is 4.60. The molecule has 0 spiro atoms. The van der Waals surface area contributed by atoms with E-state index in [-0.39, 0.29) is 11.5 Å². The van der Waals surface area contributed by atoms with Crippen molar-refractivity contribution >= 4 is 11.9 Å². The van der Waals surface area contributed by atoms with Crippen LogP contribution in [0.5, 0.6) is 0 Å². The molecule has 0 saturated carbocycles. The Morgan fingerprint density at radius 3 is 2.36 bits per heavy atom. The average Bonchev–Trinajstić information content (AvgIpc) is 2.72. The van der Waals surface area contributed by atoms with Crippen LogP contribution in [0.3, 0.4) is 0 Å². The predicted molar refractivity (Wildman–Crippen MR) is 81.6 cm³/mol. The summed E-state index contributed by atoms with van der Waals surface area (Å²) >= 11 is 0. The van der Waals surface area contributed by atoms with Gasteiger partial charge in [0.15, 0.2) is 0 Å². The maximum absolute atomic E-state index is 12.0. The molecular formula is C16H19N3O3. The van der Waals surface area contributed by atoms with Gasteiger partial charge in [-0.05, 0) is 31.5 Å². The smallest absolute Gasteiger partial charge is 0.335 e. The van der Waals surface area contributed by atoms with Crippen molar-refractivity contribution in [2.24, 2.45) is 7.05 Å². The molecule has 0 atom stereocenters. The molecule has 22 heavy (non-hydrogen) atoms. The van der Waals surface area contributed by atoms with Crippen LogP contribution in [-0.2, 0) is 24.8 Å². The Morgan fingerprint density at radius 1 is 1.23 bits per heavy atom. The number of aromatic nitrogens is 2. The van der Waals surface area contributed by atoms with Crippen LogP contribution in [0.25, 0.3) is 0 Å². The lowest BCUT2D eigenvalue weighted by Gasteiger charge is -2.06. The fraction of sp³-hybridized carbons (Fsp3) is 0.312. The lowest BCUT2D eigenvalue weighted by molar-refractivity contribution is -0.120. The van der Waals surface area contributed by atoms with Gasteiger partial charge in [0.1, 0.15) is 0 Å². The molecule has 1 heterocycles. The monoisotopic (exact) mass is 301 g/mol. The van der Waals surface area contributed by atoms with Gasteiger partial charge in [-0.2, -0.15) is 5.10 Å². The molecule has 0 bridgehead atoms. The summed E-state index contributed by atoms with van der Waals surface area (Å²) in [5, 5.41) is 16.0. The van der Waals surface area contributed by atoms with Crippen LogP contribution < -0.4 is 5.32 Å². The van der Waals surface area contributed by atoms with Gasteiger partial charge in [0.05, 0.1) is 17.7 Å². The molecule has 0 fully saturated rings. The normalized spacial score (nSPS) is 10.5. The highest BCUT2D eigenvalue weighted by molar-refractivity contribution is 5.87. The summed E-state index contributed by atoms with van der Waals surface area (Å²) < 4.78 is 1.77. The molecule has 0 saturated heterocycles. The molecule has 2 N–H and O–H groups in total. The third-order valence-corrected chi connectivity index (χ3v) is 3.69. The van der Waals surface area contributed by atoms with Crippen molar-refractivity contribution in [3.8, 4) is 0 Å². The van der Waals surface area contributed by atoms with Gasteiger partial charge in [-0.1, -0.05) is 12.1 Å². The van der Waals surface area contributed by atoms with Gasteiger partial charge in [-0.3, -0.25) is 9.48 Å². The zero-order chi connectivity index (χ0) is 16.3. The van der Waals surface area contributed by atoms with Gasteiger partial charge < -0.3 is 10.4 Å². The van der Waals surface area contributed by atoms with Gasteiger partial charge in [0.2, 0.25) is 5.91 Å². The minimum absolute atomic E-state index is 0.0819. The lowest BCUT2D eigenvalue weighted by atomic mass is 10.1.